The number of carboxylic acid groups (broad SMARTS) is 1. The van der Waals surface area contributed by atoms with Crippen LogP contribution in [0, 0.1) is 3.57 Å². The van der Waals surface area contributed by atoms with Crippen LogP contribution in [-0.4, -0.2) is 27.7 Å². The molecule has 0 saturated heterocycles. The maximum atomic E-state index is 11.8. The maximum absolute atomic E-state index is 11.8. The predicted octanol–water partition coefficient (Wildman–Crippen LogP) is 3.12. The molecule has 0 unspecified atom stereocenters. The number of carbonyl (C=O) groups excluding carboxylic acids is 1. The number of carboxylic acids is 1. The Hall–Kier alpha value is -1.61. The molecule has 0 aliphatic carbocycles. The van der Waals surface area contributed by atoms with Gasteiger partial charge in [-0.2, -0.15) is 0 Å². The number of benzene rings is 1. The van der Waals surface area contributed by atoms with Crippen molar-refractivity contribution in [1.82, 2.24) is 4.98 Å². The molecule has 0 saturated carbocycles. The molecule has 0 aliphatic heterocycles. The summed E-state index contributed by atoms with van der Waals surface area (Å²) >= 11 is 3.44. The van der Waals surface area contributed by atoms with Crippen molar-refractivity contribution in [1.29, 1.82) is 0 Å². The van der Waals surface area contributed by atoms with Gasteiger partial charge >= 0.3 is 5.97 Å². The van der Waals surface area contributed by atoms with Crippen molar-refractivity contribution in [2.24, 2.45) is 0 Å². The number of thioether (sulfide) groups is 1. The van der Waals surface area contributed by atoms with E-state index in [2.05, 4.69) is 32.9 Å². The van der Waals surface area contributed by atoms with E-state index in [1.807, 2.05) is 24.3 Å². The second-order valence-electron chi connectivity index (χ2n) is 4.03. The molecule has 0 bridgehead atoms. The standard InChI is InChI=1S/C14H11IN2O3S/c15-9-2-1-3-10(6-9)17-13(18)8-21-11-4-5-16-12(7-11)14(19)20/h1-7H,8H2,(H,17,18)(H,19,20). The molecule has 0 spiro atoms. The fourth-order valence-electron chi connectivity index (χ4n) is 1.53. The minimum atomic E-state index is -1.08. The molecule has 0 aliphatic rings. The van der Waals surface area contributed by atoms with Gasteiger partial charge in [-0.1, -0.05) is 6.07 Å². The zero-order valence-electron chi connectivity index (χ0n) is 10.7. The van der Waals surface area contributed by atoms with E-state index >= 15 is 0 Å². The lowest BCUT2D eigenvalue weighted by molar-refractivity contribution is -0.113. The molecule has 1 aromatic heterocycles. The van der Waals surface area contributed by atoms with E-state index in [9.17, 15) is 9.59 Å². The highest BCUT2D eigenvalue weighted by atomic mass is 127. The number of rotatable bonds is 5. The van der Waals surface area contributed by atoms with Crippen LogP contribution in [-0.2, 0) is 4.79 Å². The minimum Gasteiger partial charge on any atom is -0.477 e. The molecule has 21 heavy (non-hydrogen) atoms. The molecule has 7 heteroatoms. The number of anilines is 1. The largest absolute Gasteiger partial charge is 0.477 e. The highest BCUT2D eigenvalue weighted by molar-refractivity contribution is 14.1. The van der Waals surface area contributed by atoms with Gasteiger partial charge in [0.2, 0.25) is 5.91 Å². The van der Waals surface area contributed by atoms with Crippen molar-refractivity contribution < 1.29 is 14.7 Å². The highest BCUT2D eigenvalue weighted by Crippen LogP contribution is 2.19. The van der Waals surface area contributed by atoms with Gasteiger partial charge in [-0.15, -0.1) is 11.8 Å². The second kappa shape index (κ2) is 7.41. The predicted molar refractivity (Wildman–Crippen MR) is 89.7 cm³/mol. The van der Waals surface area contributed by atoms with Crippen LogP contribution in [0.4, 0.5) is 5.69 Å². The molecule has 0 radical (unpaired) electrons. The number of hydrogen-bond acceptors (Lipinski definition) is 4. The number of pyridine rings is 1. The lowest BCUT2D eigenvalue weighted by Gasteiger charge is -2.06. The number of nitrogens with one attached hydrogen (secondary N) is 1. The SMILES string of the molecule is O=C(CSc1ccnc(C(=O)O)c1)Nc1cccc(I)c1. The van der Waals surface area contributed by atoms with E-state index in [0.717, 1.165) is 9.26 Å². The number of nitrogens with zero attached hydrogens (tertiary/aromatic N) is 1. The maximum Gasteiger partial charge on any atom is 0.354 e. The lowest BCUT2D eigenvalue weighted by Crippen LogP contribution is -2.14. The summed E-state index contributed by atoms with van der Waals surface area (Å²) in [7, 11) is 0. The monoisotopic (exact) mass is 414 g/mol. The molecule has 0 atom stereocenters. The summed E-state index contributed by atoms with van der Waals surface area (Å²) in [6.07, 6.45) is 1.42. The first-order chi connectivity index (χ1) is 10.0. The van der Waals surface area contributed by atoms with E-state index < -0.39 is 5.97 Å². The summed E-state index contributed by atoms with van der Waals surface area (Å²) in [6, 6.07) is 10.6. The molecule has 5 nitrogen and oxygen atoms in total. The first-order valence-corrected chi connectivity index (χ1v) is 7.98. The first-order valence-electron chi connectivity index (χ1n) is 5.92. The fraction of sp³-hybridized carbons (Fsp3) is 0.0714. The van der Waals surface area contributed by atoms with Crippen molar-refractivity contribution in [3.05, 3.63) is 51.9 Å². The normalized spacial score (nSPS) is 10.1. The number of hydrogen-bond donors (Lipinski definition) is 2. The Kier molecular flexibility index (Phi) is 5.57. The average molecular weight is 414 g/mol. The van der Waals surface area contributed by atoms with Gasteiger partial charge < -0.3 is 10.4 Å². The van der Waals surface area contributed by atoms with Gasteiger partial charge in [0, 0.05) is 20.3 Å². The van der Waals surface area contributed by atoms with Crippen LogP contribution in [0.1, 0.15) is 10.5 Å². The summed E-state index contributed by atoms with van der Waals surface area (Å²) < 4.78 is 1.04. The Morgan fingerprint density at radius 1 is 1.29 bits per heavy atom. The van der Waals surface area contributed by atoms with Crippen molar-refractivity contribution >= 4 is 51.9 Å². The van der Waals surface area contributed by atoms with E-state index in [1.54, 1.807) is 6.07 Å². The number of carbonyl (C=O) groups is 2. The van der Waals surface area contributed by atoms with E-state index in [1.165, 1.54) is 24.0 Å². The zero-order valence-corrected chi connectivity index (χ0v) is 13.7. The fourth-order valence-corrected chi connectivity index (χ4v) is 2.80. The lowest BCUT2D eigenvalue weighted by atomic mass is 10.3. The smallest absolute Gasteiger partial charge is 0.354 e. The van der Waals surface area contributed by atoms with Gasteiger partial charge in [-0.3, -0.25) is 4.79 Å². The molecule has 0 fully saturated rings. The molecule has 2 N–H and O–H groups in total. The summed E-state index contributed by atoms with van der Waals surface area (Å²) in [6.45, 7) is 0. The minimum absolute atomic E-state index is 0.0296. The molecular formula is C14H11IN2O3S. The number of aromatic carboxylic acids is 1. The summed E-state index contributed by atoms with van der Waals surface area (Å²) in [5, 5.41) is 11.6. The van der Waals surface area contributed by atoms with E-state index in [4.69, 9.17) is 5.11 Å². The second-order valence-corrected chi connectivity index (χ2v) is 6.32. The summed E-state index contributed by atoms with van der Waals surface area (Å²) in [4.78, 5) is 27.1. The Balaban J connectivity index is 1.92. The van der Waals surface area contributed by atoms with Crippen molar-refractivity contribution in [3.63, 3.8) is 0 Å². The number of halogens is 1. The molecular weight excluding hydrogens is 403 g/mol. The quantitative estimate of drug-likeness (QED) is 0.581. The van der Waals surface area contributed by atoms with Crippen LogP contribution in [0.2, 0.25) is 0 Å². The highest BCUT2D eigenvalue weighted by Gasteiger charge is 2.08. The van der Waals surface area contributed by atoms with Crippen molar-refractivity contribution in [3.8, 4) is 0 Å². The van der Waals surface area contributed by atoms with E-state index in [0.29, 0.717) is 4.90 Å². The Morgan fingerprint density at radius 3 is 2.81 bits per heavy atom. The van der Waals surface area contributed by atoms with Crippen LogP contribution < -0.4 is 5.32 Å². The van der Waals surface area contributed by atoms with Crippen LogP contribution in [0.15, 0.2) is 47.5 Å². The van der Waals surface area contributed by atoms with Gasteiger partial charge in [-0.05, 0) is 52.9 Å². The average Bonchev–Trinajstić information content (AvgIpc) is 2.45. The van der Waals surface area contributed by atoms with Crippen LogP contribution in [0.3, 0.4) is 0 Å². The first kappa shape index (κ1) is 15.8. The van der Waals surface area contributed by atoms with Crippen LogP contribution >= 0.6 is 34.4 Å². The van der Waals surface area contributed by atoms with Crippen LogP contribution in [0.25, 0.3) is 0 Å². The van der Waals surface area contributed by atoms with Crippen molar-refractivity contribution in [2.45, 2.75) is 4.90 Å². The van der Waals surface area contributed by atoms with Gasteiger partial charge in [0.15, 0.2) is 0 Å². The zero-order chi connectivity index (χ0) is 15.2. The topological polar surface area (TPSA) is 79.3 Å². The molecule has 2 rings (SSSR count). The van der Waals surface area contributed by atoms with Gasteiger partial charge in [0.05, 0.1) is 5.75 Å². The third kappa shape index (κ3) is 5.01. The van der Waals surface area contributed by atoms with Gasteiger partial charge in [0.1, 0.15) is 5.69 Å². The summed E-state index contributed by atoms with van der Waals surface area (Å²) in [5.41, 5.74) is 0.714. The Morgan fingerprint density at radius 2 is 2.10 bits per heavy atom. The van der Waals surface area contributed by atoms with Gasteiger partial charge in [-0.25, -0.2) is 9.78 Å². The number of aromatic nitrogens is 1. The third-order valence-electron chi connectivity index (χ3n) is 2.43. The Labute approximate surface area is 139 Å². The Bertz CT molecular complexity index is 679. The molecule has 1 heterocycles. The van der Waals surface area contributed by atoms with Crippen molar-refractivity contribution in [2.75, 3.05) is 11.1 Å². The third-order valence-corrected chi connectivity index (χ3v) is 4.09. The van der Waals surface area contributed by atoms with Gasteiger partial charge in [0.25, 0.3) is 0 Å². The molecule has 1 aromatic carbocycles. The van der Waals surface area contributed by atoms with Crippen LogP contribution in [0.5, 0.6) is 0 Å². The van der Waals surface area contributed by atoms with E-state index in [-0.39, 0.29) is 17.4 Å². The molecule has 2 aromatic rings. The summed E-state index contributed by atoms with van der Waals surface area (Å²) in [5.74, 6) is -1.02. The number of amides is 1. The molecule has 108 valence electrons. The molecule has 1 amide bonds.